The number of hydrogen-bond donors (Lipinski definition) is 0. The third-order valence-corrected chi connectivity index (χ3v) is 13.9. The van der Waals surface area contributed by atoms with Crippen LogP contribution >= 0.6 is 0 Å². The molecule has 0 bridgehead atoms. The van der Waals surface area contributed by atoms with E-state index in [0.29, 0.717) is 0 Å². The van der Waals surface area contributed by atoms with Crippen molar-refractivity contribution in [3.8, 4) is 39.1 Å². The van der Waals surface area contributed by atoms with Gasteiger partial charge in [0.1, 0.15) is 0 Å². The summed E-state index contributed by atoms with van der Waals surface area (Å²) in [4.78, 5) is 2.42. The van der Waals surface area contributed by atoms with Crippen LogP contribution in [-0.2, 0) is 11.8 Å². The maximum absolute atomic E-state index is 4.57. The molecule has 0 atom stereocenters. The average molecular weight is 795 g/mol. The van der Waals surface area contributed by atoms with Gasteiger partial charge in [0.25, 0.3) is 0 Å². The Kier molecular flexibility index (Phi) is 8.27. The van der Waals surface area contributed by atoms with Crippen molar-refractivity contribution in [2.45, 2.75) is 38.5 Å². The lowest BCUT2D eigenvalue weighted by Crippen LogP contribution is -2.18. The van der Waals surface area contributed by atoms with Crippen LogP contribution in [-0.4, -0.2) is 4.57 Å². The summed E-state index contributed by atoms with van der Waals surface area (Å²) in [6.45, 7) is 9.38. The fourth-order valence-electron chi connectivity index (χ4n) is 10.7. The smallest absolute Gasteiger partial charge is 0.0547 e. The maximum Gasteiger partial charge on any atom is 0.0547 e. The van der Waals surface area contributed by atoms with Crippen molar-refractivity contribution in [3.05, 3.63) is 229 Å². The second-order valence-corrected chi connectivity index (χ2v) is 17.7. The van der Waals surface area contributed by atoms with E-state index in [4.69, 9.17) is 0 Å². The Morgan fingerprint density at radius 1 is 0.516 bits per heavy atom. The van der Waals surface area contributed by atoms with Gasteiger partial charge in [0, 0.05) is 38.9 Å². The van der Waals surface area contributed by atoms with E-state index in [1.807, 2.05) is 0 Å². The Morgan fingerprint density at radius 2 is 1.15 bits per heavy atom. The van der Waals surface area contributed by atoms with Gasteiger partial charge in [-0.1, -0.05) is 147 Å². The third kappa shape index (κ3) is 5.71. The predicted molar refractivity (Wildman–Crippen MR) is 263 cm³/mol. The minimum Gasteiger partial charge on any atom is -0.310 e. The highest BCUT2D eigenvalue weighted by molar-refractivity contribution is 6.13. The summed E-state index contributed by atoms with van der Waals surface area (Å²) in [5.41, 5.74) is 23.9. The highest BCUT2D eigenvalue weighted by Crippen LogP contribution is 2.52. The molecule has 0 unspecified atom stereocenters. The van der Waals surface area contributed by atoms with Crippen molar-refractivity contribution in [2.24, 2.45) is 0 Å². The molecule has 9 aromatic rings. The number of benzene rings is 8. The van der Waals surface area contributed by atoms with E-state index >= 15 is 0 Å². The number of para-hydroxylation sites is 1. The molecule has 2 heteroatoms. The summed E-state index contributed by atoms with van der Waals surface area (Å²) < 4.78 is 2.42. The SMILES string of the molecule is C=C1Cc2ccccc2-c2cc3c4cc(-c5ccc(N(c6ccc(-c7ccccc7)cc6)c6ccc7c(c6)C(C)(C)C6=C7C=CCC6)cc5)ccc4n(-c4ccccc4)c3cc21. The van der Waals surface area contributed by atoms with Gasteiger partial charge in [0.15, 0.2) is 0 Å². The molecule has 1 heterocycles. The van der Waals surface area contributed by atoms with Crippen LogP contribution in [0.4, 0.5) is 17.1 Å². The summed E-state index contributed by atoms with van der Waals surface area (Å²) in [6, 6.07) is 67.3. The van der Waals surface area contributed by atoms with E-state index in [0.717, 1.165) is 36.3 Å². The summed E-state index contributed by atoms with van der Waals surface area (Å²) in [5.74, 6) is 0. The molecule has 0 saturated carbocycles. The second kappa shape index (κ2) is 14.1. The molecule has 0 spiro atoms. The van der Waals surface area contributed by atoms with Crippen molar-refractivity contribution in [2.75, 3.05) is 4.90 Å². The van der Waals surface area contributed by atoms with Crippen LogP contribution < -0.4 is 4.90 Å². The van der Waals surface area contributed by atoms with Crippen LogP contribution in [0.1, 0.15) is 48.9 Å². The molecule has 1 aromatic heterocycles. The van der Waals surface area contributed by atoms with E-state index in [1.165, 1.54) is 94.3 Å². The first-order chi connectivity index (χ1) is 30.4. The topological polar surface area (TPSA) is 8.17 Å². The van der Waals surface area contributed by atoms with E-state index in [1.54, 1.807) is 5.57 Å². The van der Waals surface area contributed by atoms with Crippen molar-refractivity contribution < 1.29 is 0 Å². The van der Waals surface area contributed by atoms with Gasteiger partial charge in [-0.25, -0.2) is 0 Å². The van der Waals surface area contributed by atoms with Gasteiger partial charge in [0.2, 0.25) is 0 Å². The number of allylic oxidation sites excluding steroid dienone is 5. The zero-order valence-electron chi connectivity index (χ0n) is 35.2. The summed E-state index contributed by atoms with van der Waals surface area (Å²) >= 11 is 0. The minimum absolute atomic E-state index is 0.0168. The Balaban J connectivity index is 0.977. The van der Waals surface area contributed by atoms with Gasteiger partial charge >= 0.3 is 0 Å². The van der Waals surface area contributed by atoms with Crippen LogP contribution in [0.2, 0.25) is 0 Å². The first-order valence-corrected chi connectivity index (χ1v) is 22.0. The standard InChI is InChI=1S/C60H46N2/c1-39-34-44-16-10-11-19-49(44)53-37-55-54-35-43(26-33-58(54)62(59(55)38-52(39)53)45-17-8-5-9-18-45)42-24-29-47(30-25-42)61(46-27-22-41(23-28-46)40-14-6-4-7-15-40)48-31-32-51-50-20-12-13-21-56(50)60(2,3)57(51)36-48/h4-12,14-20,22-33,35-38H,1,13,21,34H2,2-3H3. The fourth-order valence-corrected chi connectivity index (χ4v) is 10.7. The number of rotatable bonds is 6. The van der Waals surface area contributed by atoms with Crippen molar-refractivity contribution in [3.63, 3.8) is 0 Å². The molecule has 8 aromatic carbocycles. The number of anilines is 3. The lowest BCUT2D eigenvalue weighted by molar-refractivity contribution is 0.607. The second-order valence-electron chi connectivity index (χ2n) is 17.7. The molecule has 0 amide bonds. The largest absolute Gasteiger partial charge is 0.310 e. The summed E-state index contributed by atoms with van der Waals surface area (Å²) in [7, 11) is 0. The molecule has 2 nitrogen and oxygen atoms in total. The van der Waals surface area contributed by atoms with Gasteiger partial charge in [-0.15, -0.1) is 0 Å². The molecule has 0 saturated heterocycles. The monoisotopic (exact) mass is 794 g/mol. The van der Waals surface area contributed by atoms with Crippen LogP contribution in [0.3, 0.4) is 0 Å². The number of nitrogens with zero attached hydrogens (tertiary/aromatic N) is 2. The molecule has 0 fully saturated rings. The Labute approximate surface area is 364 Å². The van der Waals surface area contributed by atoms with Crippen LogP contribution in [0.25, 0.3) is 72.0 Å². The molecular weight excluding hydrogens is 749 g/mol. The van der Waals surface area contributed by atoms with Crippen molar-refractivity contribution in [1.29, 1.82) is 0 Å². The van der Waals surface area contributed by atoms with Gasteiger partial charge in [-0.2, -0.15) is 0 Å². The number of aromatic nitrogens is 1. The van der Waals surface area contributed by atoms with Crippen molar-refractivity contribution >= 4 is 50.0 Å². The molecule has 62 heavy (non-hydrogen) atoms. The quantitative estimate of drug-likeness (QED) is 0.163. The van der Waals surface area contributed by atoms with E-state index in [-0.39, 0.29) is 5.41 Å². The molecule has 12 rings (SSSR count). The molecule has 0 aliphatic heterocycles. The highest BCUT2D eigenvalue weighted by atomic mass is 15.1. The van der Waals surface area contributed by atoms with Gasteiger partial charge < -0.3 is 9.47 Å². The molecule has 0 radical (unpaired) electrons. The van der Waals surface area contributed by atoms with Gasteiger partial charge in [0.05, 0.1) is 11.0 Å². The van der Waals surface area contributed by atoms with Crippen LogP contribution in [0.5, 0.6) is 0 Å². The lowest BCUT2D eigenvalue weighted by Gasteiger charge is -2.29. The summed E-state index contributed by atoms with van der Waals surface area (Å²) in [6.07, 6.45) is 7.80. The normalized spacial score (nSPS) is 14.8. The Bertz CT molecular complexity index is 3320. The fraction of sp³-hybridized carbons (Fsp3) is 0.100. The predicted octanol–water partition coefficient (Wildman–Crippen LogP) is 16.2. The summed E-state index contributed by atoms with van der Waals surface area (Å²) in [5, 5.41) is 2.50. The lowest BCUT2D eigenvalue weighted by atomic mass is 9.78. The molecule has 0 N–H and O–H groups in total. The van der Waals surface area contributed by atoms with Crippen LogP contribution in [0, 0.1) is 0 Å². The highest BCUT2D eigenvalue weighted by Gasteiger charge is 2.37. The van der Waals surface area contributed by atoms with E-state index in [2.05, 4.69) is 224 Å². The zero-order chi connectivity index (χ0) is 41.5. The molecule has 296 valence electrons. The average Bonchev–Trinajstić information content (AvgIpc) is 3.76. The van der Waals surface area contributed by atoms with Crippen LogP contribution in [0.15, 0.2) is 206 Å². The number of fused-ring (bicyclic) bond motifs is 8. The first kappa shape index (κ1) is 36.4. The minimum atomic E-state index is -0.0168. The molecule has 3 aliphatic carbocycles. The Morgan fingerprint density at radius 3 is 1.90 bits per heavy atom. The molecular formula is C60H46N2. The Hall–Kier alpha value is -7.42. The maximum atomic E-state index is 4.57. The number of hydrogen-bond acceptors (Lipinski definition) is 1. The third-order valence-electron chi connectivity index (χ3n) is 13.9. The zero-order valence-corrected chi connectivity index (χ0v) is 35.2. The van der Waals surface area contributed by atoms with Gasteiger partial charge in [-0.3, -0.25) is 0 Å². The molecule has 3 aliphatic rings. The van der Waals surface area contributed by atoms with Crippen molar-refractivity contribution in [1.82, 2.24) is 4.57 Å². The first-order valence-electron chi connectivity index (χ1n) is 22.0. The van der Waals surface area contributed by atoms with E-state index in [9.17, 15) is 0 Å². The van der Waals surface area contributed by atoms with E-state index < -0.39 is 0 Å². The van der Waals surface area contributed by atoms with Gasteiger partial charge in [-0.05, 0) is 159 Å².